The van der Waals surface area contributed by atoms with Gasteiger partial charge in [-0.15, -0.1) is 0 Å². The van der Waals surface area contributed by atoms with E-state index in [1.54, 1.807) is 0 Å². The Morgan fingerprint density at radius 1 is 0.291 bits per heavy atom. The highest BCUT2D eigenvalue weighted by Gasteiger charge is 2.44. The molecule has 0 aromatic heterocycles. The molecule has 0 spiro atoms. The van der Waals surface area contributed by atoms with E-state index in [2.05, 4.69) is 221 Å². The van der Waals surface area contributed by atoms with Gasteiger partial charge >= 0.3 is 0 Å². The monoisotopic (exact) mass is 705 g/mol. The van der Waals surface area contributed by atoms with Crippen LogP contribution in [-0.4, -0.2) is 0 Å². The van der Waals surface area contributed by atoms with Crippen molar-refractivity contribution in [3.63, 3.8) is 0 Å². The zero-order chi connectivity index (χ0) is 37.3. The quantitative estimate of drug-likeness (QED) is 0.166. The molecule has 0 heterocycles. The summed E-state index contributed by atoms with van der Waals surface area (Å²) < 4.78 is 0. The number of anilines is 3. The average molecular weight is 706 g/mol. The van der Waals surface area contributed by atoms with Crippen molar-refractivity contribution < 1.29 is 0 Å². The van der Waals surface area contributed by atoms with Crippen molar-refractivity contribution in [1.82, 2.24) is 0 Å². The predicted octanol–water partition coefficient (Wildman–Crippen LogP) is 14.8. The molecule has 2 aliphatic rings. The predicted molar refractivity (Wildman–Crippen MR) is 233 cm³/mol. The Labute approximate surface area is 325 Å². The highest BCUT2D eigenvalue weighted by atomic mass is 15.1. The number of rotatable bonds is 6. The average Bonchev–Trinajstić information content (AvgIpc) is 3.60. The summed E-state index contributed by atoms with van der Waals surface area (Å²) in [7, 11) is 0. The first-order chi connectivity index (χ1) is 26.8. The molecule has 264 valence electrons. The maximum Gasteiger partial charge on any atom is 0.0468 e. The minimum Gasteiger partial charge on any atom is -0.310 e. The van der Waals surface area contributed by atoms with Crippen molar-refractivity contribution in [2.75, 3.05) is 4.90 Å². The summed E-state index contributed by atoms with van der Waals surface area (Å²) in [6.07, 6.45) is 0. The highest BCUT2D eigenvalue weighted by molar-refractivity contribution is 6.04. The molecule has 8 aromatic rings. The number of nitrogens with zero attached hydrogens (tertiary/aromatic N) is 1. The van der Waals surface area contributed by atoms with Gasteiger partial charge in [-0.25, -0.2) is 0 Å². The van der Waals surface area contributed by atoms with Crippen LogP contribution in [0.5, 0.6) is 0 Å². The van der Waals surface area contributed by atoms with Crippen LogP contribution in [0.3, 0.4) is 0 Å². The Bertz CT molecular complexity index is 2700. The summed E-state index contributed by atoms with van der Waals surface area (Å²) >= 11 is 0. The number of hydrogen-bond donors (Lipinski definition) is 0. The lowest BCUT2D eigenvalue weighted by Gasteiger charge is -2.27. The number of benzene rings is 8. The van der Waals surface area contributed by atoms with Crippen LogP contribution in [0.15, 0.2) is 188 Å². The molecule has 0 unspecified atom stereocenters. The summed E-state index contributed by atoms with van der Waals surface area (Å²) in [6, 6.07) is 69.2. The van der Waals surface area contributed by atoms with Gasteiger partial charge in [0.1, 0.15) is 0 Å². The second-order valence-electron chi connectivity index (χ2n) is 16.1. The molecule has 0 atom stereocenters. The molecular weight excluding hydrogens is 663 g/mol. The lowest BCUT2D eigenvalue weighted by atomic mass is 9.76. The minimum atomic E-state index is -0.165. The third kappa shape index (κ3) is 5.22. The van der Waals surface area contributed by atoms with Crippen LogP contribution in [-0.2, 0) is 10.8 Å². The molecule has 0 aliphatic heterocycles. The van der Waals surface area contributed by atoms with Crippen LogP contribution in [0, 0.1) is 0 Å². The lowest BCUT2D eigenvalue weighted by molar-refractivity contribution is 0.639. The molecule has 0 fully saturated rings. The van der Waals surface area contributed by atoms with Crippen molar-refractivity contribution >= 4 is 17.1 Å². The molecule has 0 bridgehead atoms. The largest absolute Gasteiger partial charge is 0.310 e. The first kappa shape index (κ1) is 33.2. The Morgan fingerprint density at radius 2 is 0.709 bits per heavy atom. The van der Waals surface area contributed by atoms with Crippen LogP contribution < -0.4 is 4.90 Å². The van der Waals surface area contributed by atoms with Gasteiger partial charge in [-0.2, -0.15) is 0 Å². The van der Waals surface area contributed by atoms with E-state index in [4.69, 9.17) is 0 Å². The standard InChI is InChI=1S/C54H43N/c1-53(2)46-23-15-14-22-44(46)51-48(53)35-49-52(50(51)40-18-10-6-11-19-40)45-34-43(32-33-47(45)54(49,3)4)55(41-20-12-7-13-21-41)42-30-28-39(29-31-42)38-26-24-37(25-27-38)36-16-8-5-9-17-36/h5-35H,1-4H3. The summed E-state index contributed by atoms with van der Waals surface area (Å²) in [4.78, 5) is 2.40. The fourth-order valence-corrected chi connectivity index (χ4v) is 9.39. The van der Waals surface area contributed by atoms with Crippen LogP contribution in [0.2, 0.25) is 0 Å². The molecule has 0 amide bonds. The molecule has 0 saturated heterocycles. The van der Waals surface area contributed by atoms with Crippen molar-refractivity contribution in [2.24, 2.45) is 0 Å². The van der Waals surface area contributed by atoms with Crippen molar-refractivity contribution in [3.05, 3.63) is 210 Å². The lowest BCUT2D eigenvalue weighted by Crippen LogP contribution is -2.19. The maximum absolute atomic E-state index is 2.55. The number of para-hydroxylation sites is 1. The van der Waals surface area contributed by atoms with Crippen molar-refractivity contribution in [1.29, 1.82) is 0 Å². The second kappa shape index (κ2) is 12.6. The van der Waals surface area contributed by atoms with Gasteiger partial charge < -0.3 is 4.90 Å². The Morgan fingerprint density at radius 3 is 1.31 bits per heavy atom. The van der Waals surface area contributed by atoms with Crippen molar-refractivity contribution in [3.8, 4) is 55.6 Å². The Balaban J connectivity index is 1.13. The van der Waals surface area contributed by atoms with E-state index in [1.165, 1.54) is 77.9 Å². The third-order valence-corrected chi connectivity index (χ3v) is 12.3. The minimum absolute atomic E-state index is 0.0965. The molecule has 55 heavy (non-hydrogen) atoms. The van der Waals surface area contributed by atoms with Gasteiger partial charge in [-0.3, -0.25) is 0 Å². The molecule has 1 nitrogen and oxygen atoms in total. The van der Waals surface area contributed by atoms with E-state index in [0.717, 1.165) is 17.1 Å². The van der Waals surface area contributed by atoms with Gasteiger partial charge in [-0.05, 0) is 114 Å². The normalized spacial score (nSPS) is 14.1. The summed E-state index contributed by atoms with van der Waals surface area (Å²) in [5.74, 6) is 0. The Kier molecular flexibility index (Phi) is 7.58. The van der Waals surface area contributed by atoms with E-state index >= 15 is 0 Å². The second-order valence-corrected chi connectivity index (χ2v) is 16.1. The fourth-order valence-electron chi connectivity index (χ4n) is 9.39. The molecular formula is C54H43N. The third-order valence-electron chi connectivity index (χ3n) is 12.3. The van der Waals surface area contributed by atoms with Gasteiger partial charge in [0.05, 0.1) is 0 Å². The van der Waals surface area contributed by atoms with Crippen LogP contribution in [0.1, 0.15) is 49.9 Å². The molecule has 10 rings (SSSR count). The first-order valence-corrected chi connectivity index (χ1v) is 19.4. The number of fused-ring (bicyclic) bond motifs is 6. The van der Waals surface area contributed by atoms with Gasteiger partial charge in [0.15, 0.2) is 0 Å². The smallest absolute Gasteiger partial charge is 0.0468 e. The first-order valence-electron chi connectivity index (χ1n) is 19.4. The zero-order valence-corrected chi connectivity index (χ0v) is 31.8. The van der Waals surface area contributed by atoms with E-state index in [9.17, 15) is 0 Å². The molecule has 1 heteroatoms. The van der Waals surface area contributed by atoms with E-state index in [1.807, 2.05) is 0 Å². The SMILES string of the molecule is CC1(C)c2ccccc2-c2c1cc1c(c2-c2ccccc2)-c2cc(N(c3ccccc3)c3ccc(-c4ccc(-c5ccccc5)cc4)cc3)ccc2C1(C)C. The van der Waals surface area contributed by atoms with E-state index in [-0.39, 0.29) is 10.8 Å². The summed E-state index contributed by atoms with van der Waals surface area (Å²) in [6.45, 7) is 9.62. The van der Waals surface area contributed by atoms with Gasteiger partial charge in [-0.1, -0.05) is 179 Å². The van der Waals surface area contributed by atoms with Crippen LogP contribution in [0.25, 0.3) is 55.6 Å². The van der Waals surface area contributed by atoms with Crippen LogP contribution in [0.4, 0.5) is 17.1 Å². The van der Waals surface area contributed by atoms with E-state index in [0.29, 0.717) is 0 Å². The van der Waals surface area contributed by atoms with Gasteiger partial charge in [0.25, 0.3) is 0 Å². The van der Waals surface area contributed by atoms with Crippen LogP contribution >= 0.6 is 0 Å². The summed E-state index contributed by atoms with van der Waals surface area (Å²) in [5.41, 5.74) is 21.7. The highest BCUT2D eigenvalue weighted by Crippen LogP contribution is 2.61. The maximum atomic E-state index is 2.55. The van der Waals surface area contributed by atoms with Crippen molar-refractivity contribution in [2.45, 2.75) is 38.5 Å². The molecule has 2 aliphatic carbocycles. The number of hydrogen-bond acceptors (Lipinski definition) is 1. The summed E-state index contributed by atoms with van der Waals surface area (Å²) in [5, 5.41) is 0. The molecule has 8 aromatic carbocycles. The zero-order valence-electron chi connectivity index (χ0n) is 31.8. The van der Waals surface area contributed by atoms with Gasteiger partial charge in [0.2, 0.25) is 0 Å². The van der Waals surface area contributed by atoms with Gasteiger partial charge in [0, 0.05) is 27.9 Å². The molecule has 0 saturated carbocycles. The van der Waals surface area contributed by atoms with E-state index < -0.39 is 0 Å². The molecule has 0 N–H and O–H groups in total. The Hall–Kier alpha value is -6.44. The fraction of sp³-hybridized carbons (Fsp3) is 0.111. The molecule has 0 radical (unpaired) electrons. The topological polar surface area (TPSA) is 3.24 Å².